The molecule has 19 heavy (non-hydrogen) atoms. The molecule has 0 aliphatic heterocycles. The predicted octanol–water partition coefficient (Wildman–Crippen LogP) is 4.92. The van der Waals surface area contributed by atoms with E-state index in [9.17, 15) is 0 Å². The molecule has 0 saturated heterocycles. The van der Waals surface area contributed by atoms with E-state index in [1.54, 1.807) is 0 Å². The molecule has 0 bridgehead atoms. The van der Waals surface area contributed by atoms with Crippen molar-refractivity contribution in [1.29, 1.82) is 0 Å². The third-order valence-electron chi connectivity index (χ3n) is 2.74. The van der Waals surface area contributed by atoms with Crippen LogP contribution in [0.5, 0.6) is 11.5 Å². The average molecular weight is 341 g/mol. The second-order valence-electron chi connectivity index (χ2n) is 4.28. The van der Waals surface area contributed by atoms with Crippen molar-refractivity contribution in [3.8, 4) is 11.5 Å². The number of ether oxygens (including phenoxy) is 1. The van der Waals surface area contributed by atoms with Gasteiger partial charge in [0, 0.05) is 17.1 Å². The zero-order valence-electron chi connectivity index (χ0n) is 10.8. The molecule has 0 aliphatic carbocycles. The summed E-state index contributed by atoms with van der Waals surface area (Å²) < 4.78 is 6.89. The van der Waals surface area contributed by atoms with Gasteiger partial charge < -0.3 is 10.1 Å². The molecule has 0 amide bonds. The maximum atomic E-state index is 6.21. The molecular formula is C15H15BrClNO. The van der Waals surface area contributed by atoms with Gasteiger partial charge in [-0.15, -0.1) is 0 Å². The fourth-order valence-electron chi connectivity index (χ4n) is 1.79. The lowest BCUT2D eigenvalue weighted by atomic mass is 10.2. The number of benzene rings is 2. The molecule has 0 radical (unpaired) electrons. The van der Waals surface area contributed by atoms with Gasteiger partial charge in [-0.1, -0.05) is 23.7 Å². The molecule has 2 aromatic rings. The van der Waals surface area contributed by atoms with Crippen molar-refractivity contribution in [1.82, 2.24) is 5.32 Å². The maximum Gasteiger partial charge on any atom is 0.141 e. The quantitative estimate of drug-likeness (QED) is 0.852. The molecule has 0 spiro atoms. The third kappa shape index (κ3) is 3.50. The molecule has 100 valence electrons. The summed E-state index contributed by atoms with van der Waals surface area (Å²) in [4.78, 5) is 0. The Hall–Kier alpha value is -1.03. The highest BCUT2D eigenvalue weighted by Crippen LogP contribution is 2.34. The highest BCUT2D eigenvalue weighted by molar-refractivity contribution is 9.10. The number of nitrogens with one attached hydrogen (secondary N) is 1. The van der Waals surface area contributed by atoms with Gasteiger partial charge in [-0.25, -0.2) is 0 Å². The van der Waals surface area contributed by atoms with Crippen LogP contribution in [0.1, 0.15) is 11.1 Å². The zero-order valence-corrected chi connectivity index (χ0v) is 13.2. The molecule has 0 unspecified atom stereocenters. The van der Waals surface area contributed by atoms with Crippen molar-refractivity contribution in [2.75, 3.05) is 7.05 Å². The molecule has 0 heterocycles. The molecule has 0 atom stereocenters. The van der Waals surface area contributed by atoms with Crippen LogP contribution in [0, 0.1) is 6.92 Å². The summed E-state index contributed by atoms with van der Waals surface area (Å²) in [6, 6.07) is 11.7. The summed E-state index contributed by atoms with van der Waals surface area (Å²) in [6.45, 7) is 2.71. The van der Waals surface area contributed by atoms with E-state index in [0.29, 0.717) is 11.6 Å². The fraction of sp³-hybridized carbons (Fsp3) is 0.200. The van der Waals surface area contributed by atoms with Crippen molar-refractivity contribution in [2.24, 2.45) is 0 Å². The maximum absolute atomic E-state index is 6.21. The number of hydrogen-bond donors (Lipinski definition) is 1. The molecule has 0 aliphatic rings. The minimum absolute atomic E-state index is 0.665. The van der Waals surface area contributed by atoms with Crippen LogP contribution in [0.2, 0.25) is 5.02 Å². The Kier molecular flexibility index (Phi) is 4.86. The van der Waals surface area contributed by atoms with Crippen LogP contribution in [0.4, 0.5) is 0 Å². The van der Waals surface area contributed by atoms with Gasteiger partial charge in [-0.05, 0) is 59.7 Å². The van der Waals surface area contributed by atoms with Crippen LogP contribution in [0.25, 0.3) is 0 Å². The van der Waals surface area contributed by atoms with Crippen LogP contribution in [-0.2, 0) is 6.54 Å². The lowest BCUT2D eigenvalue weighted by Gasteiger charge is -2.13. The van der Waals surface area contributed by atoms with Crippen LogP contribution in [-0.4, -0.2) is 7.05 Å². The Morgan fingerprint density at radius 3 is 2.68 bits per heavy atom. The van der Waals surface area contributed by atoms with E-state index in [1.807, 2.05) is 50.4 Å². The first-order chi connectivity index (χ1) is 9.11. The molecule has 1 N–H and O–H groups in total. The van der Waals surface area contributed by atoms with Crippen LogP contribution in [0.15, 0.2) is 40.9 Å². The number of hydrogen-bond acceptors (Lipinski definition) is 2. The van der Waals surface area contributed by atoms with E-state index in [-0.39, 0.29) is 0 Å². The highest BCUT2D eigenvalue weighted by Gasteiger charge is 2.10. The van der Waals surface area contributed by atoms with Crippen LogP contribution in [0.3, 0.4) is 0 Å². The average Bonchev–Trinajstić information content (AvgIpc) is 2.37. The SMILES string of the molecule is CNCc1c(Cl)cccc1Oc1ccc(C)cc1Br. The van der Waals surface area contributed by atoms with E-state index in [2.05, 4.69) is 21.2 Å². The minimum Gasteiger partial charge on any atom is -0.456 e. The smallest absolute Gasteiger partial charge is 0.141 e. The Balaban J connectivity index is 2.35. The molecule has 0 aromatic heterocycles. The molecule has 2 nitrogen and oxygen atoms in total. The standard InChI is InChI=1S/C15H15BrClNO/c1-10-6-7-15(12(16)8-10)19-14-5-3-4-13(17)11(14)9-18-2/h3-8,18H,9H2,1-2H3. The second-order valence-corrected chi connectivity index (χ2v) is 5.54. The second kappa shape index (κ2) is 6.42. The lowest BCUT2D eigenvalue weighted by Crippen LogP contribution is -2.07. The Morgan fingerprint density at radius 1 is 1.21 bits per heavy atom. The topological polar surface area (TPSA) is 21.3 Å². The Morgan fingerprint density at radius 2 is 2.00 bits per heavy atom. The largest absolute Gasteiger partial charge is 0.456 e. The van der Waals surface area contributed by atoms with Gasteiger partial charge in [-0.2, -0.15) is 0 Å². The summed E-state index contributed by atoms with van der Waals surface area (Å²) in [5.41, 5.74) is 2.14. The Bertz CT molecular complexity index is 586. The van der Waals surface area contributed by atoms with Gasteiger partial charge >= 0.3 is 0 Å². The van der Waals surface area contributed by atoms with Crippen molar-refractivity contribution in [3.63, 3.8) is 0 Å². The number of aryl methyl sites for hydroxylation is 1. The summed E-state index contributed by atoms with van der Waals surface area (Å²) >= 11 is 9.72. The third-order valence-corrected chi connectivity index (χ3v) is 3.71. The Labute approximate surface area is 126 Å². The molecular weight excluding hydrogens is 326 g/mol. The van der Waals surface area contributed by atoms with Crippen LogP contribution >= 0.6 is 27.5 Å². The van der Waals surface area contributed by atoms with Gasteiger partial charge in [0.05, 0.1) is 4.47 Å². The van der Waals surface area contributed by atoms with E-state index < -0.39 is 0 Å². The first-order valence-electron chi connectivity index (χ1n) is 5.98. The summed E-state index contributed by atoms with van der Waals surface area (Å²) in [5, 5.41) is 3.80. The van der Waals surface area contributed by atoms with Crippen molar-refractivity contribution >= 4 is 27.5 Å². The predicted molar refractivity (Wildman–Crippen MR) is 83.2 cm³/mol. The van der Waals surface area contributed by atoms with E-state index in [1.165, 1.54) is 5.56 Å². The monoisotopic (exact) mass is 339 g/mol. The highest BCUT2D eigenvalue weighted by atomic mass is 79.9. The number of rotatable bonds is 4. The number of halogens is 2. The van der Waals surface area contributed by atoms with Crippen LogP contribution < -0.4 is 10.1 Å². The fourth-order valence-corrected chi connectivity index (χ4v) is 2.60. The first kappa shape index (κ1) is 14.4. The van der Waals surface area contributed by atoms with E-state index in [4.69, 9.17) is 16.3 Å². The van der Waals surface area contributed by atoms with E-state index >= 15 is 0 Å². The molecule has 0 saturated carbocycles. The van der Waals surface area contributed by atoms with Gasteiger partial charge in [0.15, 0.2) is 0 Å². The van der Waals surface area contributed by atoms with Gasteiger partial charge in [0.25, 0.3) is 0 Å². The van der Waals surface area contributed by atoms with Gasteiger partial charge in [0.2, 0.25) is 0 Å². The van der Waals surface area contributed by atoms with Gasteiger partial charge in [-0.3, -0.25) is 0 Å². The van der Waals surface area contributed by atoms with Crippen molar-refractivity contribution < 1.29 is 4.74 Å². The molecule has 2 rings (SSSR count). The van der Waals surface area contributed by atoms with Crippen molar-refractivity contribution in [3.05, 3.63) is 57.0 Å². The summed E-state index contributed by atoms with van der Waals surface area (Å²) in [6.07, 6.45) is 0. The first-order valence-corrected chi connectivity index (χ1v) is 7.15. The van der Waals surface area contributed by atoms with Crippen molar-refractivity contribution in [2.45, 2.75) is 13.5 Å². The normalized spacial score (nSPS) is 10.5. The summed E-state index contributed by atoms with van der Waals surface area (Å²) in [7, 11) is 1.88. The molecule has 0 fully saturated rings. The van der Waals surface area contributed by atoms with E-state index in [0.717, 1.165) is 21.5 Å². The molecule has 2 aromatic carbocycles. The minimum atomic E-state index is 0.665. The summed E-state index contributed by atoms with van der Waals surface area (Å²) in [5.74, 6) is 1.55. The molecule has 4 heteroatoms. The van der Waals surface area contributed by atoms with Gasteiger partial charge in [0.1, 0.15) is 11.5 Å². The lowest BCUT2D eigenvalue weighted by molar-refractivity contribution is 0.471. The zero-order chi connectivity index (χ0) is 13.8.